The number of epoxide rings is 1. The second-order valence-corrected chi connectivity index (χ2v) is 13.5. The maximum absolute atomic E-state index is 12.2. The molecule has 0 bridgehead atoms. The molecule has 6 nitrogen and oxygen atoms in total. The van der Waals surface area contributed by atoms with Crippen molar-refractivity contribution in [1.29, 1.82) is 0 Å². The molecule has 0 aliphatic carbocycles. The van der Waals surface area contributed by atoms with Crippen LogP contribution in [0.1, 0.15) is 181 Å². The average molecular weight is 623 g/mol. The van der Waals surface area contributed by atoms with Crippen LogP contribution in [0.3, 0.4) is 0 Å². The van der Waals surface area contributed by atoms with Crippen molar-refractivity contribution in [3.8, 4) is 0 Å². The summed E-state index contributed by atoms with van der Waals surface area (Å²) in [5, 5.41) is 9.54. The minimum absolute atomic E-state index is 0.0720. The Bertz CT molecular complexity index is 705. The number of unbranched alkanes of at least 4 members (excludes halogenated alkanes) is 17. The third-order valence-electron chi connectivity index (χ3n) is 8.66. The Labute approximate surface area is 271 Å². The third kappa shape index (κ3) is 25.9. The lowest BCUT2D eigenvalue weighted by Crippen LogP contribution is -2.28. The maximum atomic E-state index is 12.2. The van der Waals surface area contributed by atoms with Gasteiger partial charge in [0.1, 0.15) is 6.61 Å². The van der Waals surface area contributed by atoms with Crippen molar-refractivity contribution in [2.24, 2.45) is 5.92 Å². The fourth-order valence-corrected chi connectivity index (χ4v) is 5.69. The van der Waals surface area contributed by atoms with Crippen molar-refractivity contribution in [2.45, 2.75) is 200 Å². The van der Waals surface area contributed by atoms with Crippen LogP contribution in [0, 0.1) is 5.92 Å². The Hall–Kier alpha value is -1.40. The van der Waals surface area contributed by atoms with Crippen LogP contribution in [-0.2, 0) is 23.8 Å². The summed E-state index contributed by atoms with van der Waals surface area (Å²) in [5.41, 5.74) is 0. The highest BCUT2D eigenvalue weighted by Crippen LogP contribution is 2.30. The summed E-state index contributed by atoms with van der Waals surface area (Å²) in [6, 6.07) is 0. The number of aliphatic hydroxyl groups excluding tert-OH is 1. The first-order chi connectivity index (χ1) is 21.5. The van der Waals surface area contributed by atoms with Gasteiger partial charge in [0.25, 0.3) is 0 Å². The molecular weight excluding hydrogens is 552 g/mol. The Morgan fingerprint density at radius 2 is 1.27 bits per heavy atom. The second-order valence-electron chi connectivity index (χ2n) is 13.5. The molecule has 0 spiro atoms. The Morgan fingerprint density at radius 1 is 0.705 bits per heavy atom. The molecule has 0 aromatic carbocycles. The maximum Gasteiger partial charge on any atom is 0.306 e. The number of carbonyl (C=O) groups excluding carboxylic acids is 2. The van der Waals surface area contributed by atoms with Crippen molar-refractivity contribution in [3.05, 3.63) is 12.2 Å². The Balaban J connectivity index is 1.89. The molecule has 1 saturated heterocycles. The molecule has 44 heavy (non-hydrogen) atoms. The van der Waals surface area contributed by atoms with Gasteiger partial charge in [-0.15, -0.1) is 0 Å². The molecule has 0 aromatic heterocycles. The third-order valence-corrected chi connectivity index (χ3v) is 8.66. The van der Waals surface area contributed by atoms with Gasteiger partial charge in [0.2, 0.25) is 0 Å². The minimum Gasteiger partial charge on any atom is -0.462 e. The van der Waals surface area contributed by atoms with Gasteiger partial charge >= 0.3 is 11.9 Å². The van der Waals surface area contributed by atoms with Crippen LogP contribution in [-0.4, -0.2) is 48.6 Å². The van der Waals surface area contributed by atoms with Crippen molar-refractivity contribution < 1.29 is 28.9 Å². The number of rotatable bonds is 32. The fraction of sp³-hybridized carbons (Fsp3) is 0.895. The minimum atomic E-state index is -0.778. The molecule has 6 heteroatoms. The molecule has 0 aromatic rings. The van der Waals surface area contributed by atoms with Crippen LogP contribution in [0.15, 0.2) is 12.2 Å². The van der Waals surface area contributed by atoms with E-state index in [0.29, 0.717) is 25.0 Å². The predicted octanol–water partition coefficient (Wildman–Crippen LogP) is 10.2. The summed E-state index contributed by atoms with van der Waals surface area (Å²) in [6.07, 6.45) is 32.9. The van der Waals surface area contributed by atoms with E-state index in [1.165, 1.54) is 89.9 Å². The SMILES string of the molecule is CCCCC/C=C\CC1OC1CCCCCCCC(=O)O[C@@H](CO)COC(=O)CCCCCCCCCCCCCC(C)C. The van der Waals surface area contributed by atoms with Crippen molar-refractivity contribution >= 4 is 11.9 Å². The van der Waals surface area contributed by atoms with E-state index in [-0.39, 0.29) is 25.2 Å². The van der Waals surface area contributed by atoms with Gasteiger partial charge in [0.15, 0.2) is 6.10 Å². The van der Waals surface area contributed by atoms with Crippen LogP contribution < -0.4 is 0 Å². The number of hydrogen-bond donors (Lipinski definition) is 1. The van der Waals surface area contributed by atoms with Crippen molar-refractivity contribution in [1.82, 2.24) is 0 Å². The lowest BCUT2D eigenvalue weighted by atomic mass is 10.0. The van der Waals surface area contributed by atoms with Crippen LogP contribution in [0.2, 0.25) is 0 Å². The highest BCUT2D eigenvalue weighted by molar-refractivity contribution is 5.70. The molecule has 1 fully saturated rings. The molecule has 1 aliphatic rings. The molecule has 0 radical (unpaired) electrons. The van der Waals surface area contributed by atoms with Crippen molar-refractivity contribution in [2.75, 3.05) is 13.2 Å². The van der Waals surface area contributed by atoms with Gasteiger partial charge in [0.05, 0.1) is 18.8 Å². The number of esters is 2. The first kappa shape index (κ1) is 40.6. The van der Waals surface area contributed by atoms with E-state index in [2.05, 4.69) is 32.9 Å². The highest BCUT2D eigenvalue weighted by atomic mass is 16.6. The molecule has 1 heterocycles. The van der Waals surface area contributed by atoms with Crippen LogP contribution >= 0.6 is 0 Å². The number of allylic oxidation sites excluding steroid dienone is 1. The molecular formula is C38H70O6. The normalized spacial score (nSPS) is 16.9. The van der Waals surface area contributed by atoms with Gasteiger partial charge in [-0.25, -0.2) is 0 Å². The van der Waals surface area contributed by atoms with Gasteiger partial charge in [-0.1, -0.05) is 142 Å². The fourth-order valence-electron chi connectivity index (χ4n) is 5.69. The van der Waals surface area contributed by atoms with E-state index in [4.69, 9.17) is 14.2 Å². The zero-order valence-electron chi connectivity index (χ0n) is 29.0. The first-order valence-electron chi connectivity index (χ1n) is 18.7. The van der Waals surface area contributed by atoms with Crippen LogP contribution in [0.5, 0.6) is 0 Å². The number of carbonyl (C=O) groups is 2. The van der Waals surface area contributed by atoms with Crippen molar-refractivity contribution in [3.63, 3.8) is 0 Å². The van der Waals surface area contributed by atoms with Crippen LogP contribution in [0.25, 0.3) is 0 Å². The second kappa shape index (κ2) is 29.0. The van der Waals surface area contributed by atoms with E-state index in [0.717, 1.165) is 63.7 Å². The summed E-state index contributed by atoms with van der Waals surface area (Å²) in [7, 11) is 0. The van der Waals surface area contributed by atoms with Gasteiger partial charge in [0, 0.05) is 12.8 Å². The van der Waals surface area contributed by atoms with Gasteiger partial charge < -0.3 is 19.3 Å². The summed E-state index contributed by atoms with van der Waals surface area (Å²) >= 11 is 0. The molecule has 1 rings (SSSR count). The van der Waals surface area contributed by atoms with Gasteiger partial charge in [-0.2, -0.15) is 0 Å². The van der Waals surface area contributed by atoms with Gasteiger partial charge in [-0.3, -0.25) is 9.59 Å². The number of hydrogen-bond acceptors (Lipinski definition) is 6. The lowest BCUT2D eigenvalue weighted by molar-refractivity contribution is -0.161. The molecule has 1 aliphatic heterocycles. The van der Waals surface area contributed by atoms with Crippen LogP contribution in [0.4, 0.5) is 0 Å². The summed E-state index contributed by atoms with van der Waals surface area (Å²) in [4.78, 5) is 24.2. The zero-order chi connectivity index (χ0) is 32.1. The zero-order valence-corrected chi connectivity index (χ0v) is 29.0. The van der Waals surface area contributed by atoms with E-state index >= 15 is 0 Å². The smallest absolute Gasteiger partial charge is 0.306 e. The van der Waals surface area contributed by atoms with E-state index in [9.17, 15) is 14.7 Å². The predicted molar refractivity (Wildman–Crippen MR) is 182 cm³/mol. The summed E-state index contributed by atoms with van der Waals surface area (Å²) in [5.74, 6) is 0.223. The topological polar surface area (TPSA) is 85.4 Å². The quantitative estimate of drug-likeness (QED) is 0.0348. The lowest BCUT2D eigenvalue weighted by Gasteiger charge is -2.15. The molecule has 0 saturated carbocycles. The highest BCUT2D eigenvalue weighted by Gasteiger charge is 2.36. The largest absolute Gasteiger partial charge is 0.462 e. The monoisotopic (exact) mass is 623 g/mol. The summed E-state index contributed by atoms with van der Waals surface area (Å²) in [6.45, 7) is 6.43. The standard InChI is InChI=1S/C38H70O6/c1-4-5-6-7-17-22-27-35-36(44-35)28-23-18-15-20-25-30-38(41)43-34(31-39)32-42-37(40)29-24-19-14-12-10-8-9-11-13-16-21-26-33(2)3/h17,22,33-36,39H,4-16,18-21,23-32H2,1-3H3/b22-17-/t34-,35?,36?/m0/s1. The Morgan fingerprint density at radius 3 is 1.86 bits per heavy atom. The van der Waals surface area contributed by atoms with Gasteiger partial charge in [-0.05, 0) is 44.4 Å². The first-order valence-corrected chi connectivity index (χ1v) is 18.7. The molecule has 3 atom stereocenters. The molecule has 2 unspecified atom stereocenters. The summed E-state index contributed by atoms with van der Waals surface area (Å²) < 4.78 is 16.4. The Kier molecular flexibility index (Phi) is 26.8. The van der Waals surface area contributed by atoms with E-state index in [1.807, 2.05) is 0 Å². The molecule has 258 valence electrons. The average Bonchev–Trinajstić information content (AvgIpc) is 3.76. The van der Waals surface area contributed by atoms with E-state index in [1.54, 1.807) is 0 Å². The number of aliphatic hydroxyl groups is 1. The van der Waals surface area contributed by atoms with E-state index < -0.39 is 6.10 Å². The molecule has 0 amide bonds. The molecule has 1 N–H and O–H groups in total. The number of ether oxygens (including phenoxy) is 3.